The number of rotatable bonds is 3. The Labute approximate surface area is 79.2 Å². The molecule has 0 radical (unpaired) electrons. The first-order valence-corrected chi connectivity index (χ1v) is 3.67. The van der Waals surface area contributed by atoms with Gasteiger partial charge in [-0.15, -0.1) is 0 Å². The number of carbonyl (C=O) groups is 1. The lowest BCUT2D eigenvalue weighted by Gasteiger charge is -2.06. The summed E-state index contributed by atoms with van der Waals surface area (Å²) in [5.74, 6) is -1.62. The van der Waals surface area contributed by atoms with Crippen molar-refractivity contribution in [2.75, 3.05) is 0 Å². The van der Waals surface area contributed by atoms with Gasteiger partial charge in [-0.3, -0.25) is 0 Å². The molecular formula is C9H6FNO3. The van der Waals surface area contributed by atoms with Gasteiger partial charge in [-0.1, -0.05) is 0 Å². The first kappa shape index (κ1) is 9.99. The van der Waals surface area contributed by atoms with Crippen LogP contribution in [-0.2, 0) is 4.79 Å². The molecule has 0 spiro atoms. The molecule has 0 aliphatic carbocycles. The SMILES string of the molecule is N#Cc1ccc(OC(F)C(=O)O)cc1. The van der Waals surface area contributed by atoms with Crippen LogP contribution in [0.2, 0.25) is 0 Å². The number of nitriles is 1. The minimum absolute atomic E-state index is 0.0684. The number of carboxylic acids is 1. The summed E-state index contributed by atoms with van der Waals surface area (Å²) in [4.78, 5) is 10.1. The monoisotopic (exact) mass is 195 g/mol. The van der Waals surface area contributed by atoms with Crippen molar-refractivity contribution in [1.82, 2.24) is 0 Å². The van der Waals surface area contributed by atoms with Crippen molar-refractivity contribution >= 4 is 5.97 Å². The third-order valence-corrected chi connectivity index (χ3v) is 1.42. The van der Waals surface area contributed by atoms with Gasteiger partial charge in [-0.05, 0) is 24.3 Å². The molecule has 0 amide bonds. The summed E-state index contributed by atoms with van der Waals surface area (Å²) >= 11 is 0. The van der Waals surface area contributed by atoms with Crippen LogP contribution in [0.1, 0.15) is 5.56 Å². The van der Waals surface area contributed by atoms with Gasteiger partial charge in [0.2, 0.25) is 0 Å². The molecule has 72 valence electrons. The number of benzene rings is 1. The molecular weight excluding hydrogens is 189 g/mol. The van der Waals surface area contributed by atoms with Gasteiger partial charge in [-0.2, -0.15) is 9.65 Å². The molecule has 4 nitrogen and oxygen atoms in total. The number of ether oxygens (including phenoxy) is 1. The van der Waals surface area contributed by atoms with Crippen molar-refractivity contribution in [2.45, 2.75) is 6.36 Å². The first-order valence-electron chi connectivity index (χ1n) is 3.67. The van der Waals surface area contributed by atoms with Crippen LogP contribution in [0, 0.1) is 11.3 Å². The van der Waals surface area contributed by atoms with E-state index in [1.54, 1.807) is 0 Å². The van der Waals surface area contributed by atoms with E-state index in [1.165, 1.54) is 24.3 Å². The molecule has 0 aliphatic rings. The van der Waals surface area contributed by atoms with Crippen LogP contribution in [0.15, 0.2) is 24.3 Å². The molecule has 0 saturated carbocycles. The minimum Gasteiger partial charge on any atom is -0.476 e. The second-order valence-corrected chi connectivity index (χ2v) is 2.41. The Balaban J connectivity index is 2.70. The Morgan fingerprint density at radius 3 is 2.50 bits per heavy atom. The second kappa shape index (κ2) is 4.23. The van der Waals surface area contributed by atoms with Gasteiger partial charge in [0.1, 0.15) is 5.75 Å². The number of hydrogen-bond acceptors (Lipinski definition) is 3. The van der Waals surface area contributed by atoms with Gasteiger partial charge in [-0.25, -0.2) is 4.79 Å². The van der Waals surface area contributed by atoms with Crippen LogP contribution in [0.3, 0.4) is 0 Å². The molecule has 1 unspecified atom stereocenters. The van der Waals surface area contributed by atoms with Gasteiger partial charge < -0.3 is 9.84 Å². The Morgan fingerprint density at radius 2 is 2.07 bits per heavy atom. The number of carboxylic acid groups (broad SMARTS) is 1. The molecule has 0 aliphatic heterocycles. The molecule has 14 heavy (non-hydrogen) atoms. The fraction of sp³-hybridized carbons (Fsp3) is 0.111. The summed E-state index contributed by atoms with van der Waals surface area (Å²) in [6.45, 7) is 0. The van der Waals surface area contributed by atoms with Crippen molar-refractivity contribution in [1.29, 1.82) is 5.26 Å². The predicted octanol–water partition coefficient (Wildman–Crippen LogP) is 1.32. The molecule has 1 aromatic rings. The largest absolute Gasteiger partial charge is 0.476 e. The summed E-state index contributed by atoms with van der Waals surface area (Å²) in [5, 5.41) is 16.6. The molecule has 0 aromatic heterocycles. The summed E-state index contributed by atoms with van der Waals surface area (Å²) < 4.78 is 16.9. The van der Waals surface area contributed by atoms with E-state index in [9.17, 15) is 9.18 Å². The molecule has 1 atom stereocenters. The third-order valence-electron chi connectivity index (χ3n) is 1.42. The topological polar surface area (TPSA) is 70.3 Å². The Hall–Kier alpha value is -2.09. The fourth-order valence-corrected chi connectivity index (χ4v) is 0.778. The summed E-state index contributed by atoms with van der Waals surface area (Å²) in [5.41, 5.74) is 0.392. The number of aliphatic carboxylic acids is 1. The Bertz CT molecular complexity index is 369. The van der Waals surface area contributed by atoms with Crippen molar-refractivity contribution in [3.63, 3.8) is 0 Å². The maximum absolute atomic E-state index is 12.5. The van der Waals surface area contributed by atoms with Crippen LogP contribution in [0.4, 0.5) is 4.39 Å². The van der Waals surface area contributed by atoms with E-state index in [2.05, 4.69) is 4.74 Å². The summed E-state index contributed by atoms with van der Waals surface area (Å²) in [6.07, 6.45) is -2.39. The number of hydrogen-bond donors (Lipinski definition) is 1. The quantitative estimate of drug-likeness (QED) is 0.789. The predicted molar refractivity (Wildman–Crippen MR) is 44.3 cm³/mol. The fourth-order valence-electron chi connectivity index (χ4n) is 0.778. The minimum atomic E-state index is -2.39. The van der Waals surface area contributed by atoms with E-state index in [1.807, 2.05) is 6.07 Å². The lowest BCUT2D eigenvalue weighted by molar-refractivity contribution is -0.153. The average molecular weight is 195 g/mol. The van der Waals surface area contributed by atoms with E-state index in [0.717, 1.165) is 0 Å². The number of alkyl halides is 1. The molecule has 1 rings (SSSR count). The van der Waals surface area contributed by atoms with Crippen molar-refractivity contribution in [2.24, 2.45) is 0 Å². The van der Waals surface area contributed by atoms with Gasteiger partial charge in [0.05, 0.1) is 11.6 Å². The van der Waals surface area contributed by atoms with Crippen LogP contribution in [0.5, 0.6) is 5.75 Å². The smallest absolute Gasteiger partial charge is 0.378 e. The molecule has 1 N–H and O–H groups in total. The van der Waals surface area contributed by atoms with E-state index in [0.29, 0.717) is 5.56 Å². The molecule has 0 saturated heterocycles. The zero-order valence-corrected chi connectivity index (χ0v) is 6.98. The zero-order valence-electron chi connectivity index (χ0n) is 6.98. The highest BCUT2D eigenvalue weighted by molar-refractivity contribution is 5.70. The van der Waals surface area contributed by atoms with Crippen LogP contribution in [0.25, 0.3) is 0 Å². The summed E-state index contributed by atoms with van der Waals surface area (Å²) in [6, 6.07) is 7.33. The van der Waals surface area contributed by atoms with Gasteiger partial charge in [0, 0.05) is 0 Å². The maximum atomic E-state index is 12.5. The highest BCUT2D eigenvalue weighted by Gasteiger charge is 2.16. The maximum Gasteiger partial charge on any atom is 0.378 e. The summed E-state index contributed by atoms with van der Waals surface area (Å²) in [7, 11) is 0. The second-order valence-electron chi connectivity index (χ2n) is 2.41. The van der Waals surface area contributed by atoms with Gasteiger partial charge in [0.25, 0.3) is 0 Å². The third kappa shape index (κ3) is 2.45. The average Bonchev–Trinajstić information content (AvgIpc) is 2.19. The van der Waals surface area contributed by atoms with E-state index in [-0.39, 0.29) is 5.75 Å². The lowest BCUT2D eigenvalue weighted by atomic mass is 10.2. The normalized spacial score (nSPS) is 11.4. The molecule has 0 fully saturated rings. The first-order chi connectivity index (χ1) is 6.63. The van der Waals surface area contributed by atoms with Gasteiger partial charge >= 0.3 is 12.3 Å². The molecule has 0 bridgehead atoms. The Morgan fingerprint density at radius 1 is 1.50 bits per heavy atom. The van der Waals surface area contributed by atoms with Crippen molar-refractivity contribution in [3.05, 3.63) is 29.8 Å². The highest BCUT2D eigenvalue weighted by atomic mass is 19.1. The number of nitrogens with zero attached hydrogens (tertiary/aromatic N) is 1. The van der Waals surface area contributed by atoms with E-state index >= 15 is 0 Å². The molecule has 1 aromatic carbocycles. The van der Waals surface area contributed by atoms with Crippen LogP contribution < -0.4 is 4.74 Å². The highest BCUT2D eigenvalue weighted by Crippen LogP contribution is 2.13. The zero-order chi connectivity index (χ0) is 10.6. The van der Waals surface area contributed by atoms with Crippen LogP contribution >= 0.6 is 0 Å². The lowest BCUT2D eigenvalue weighted by Crippen LogP contribution is -2.21. The number of halogens is 1. The van der Waals surface area contributed by atoms with E-state index < -0.39 is 12.3 Å². The Kier molecular flexibility index (Phi) is 3.02. The molecule has 0 heterocycles. The molecule has 5 heteroatoms. The van der Waals surface area contributed by atoms with Crippen molar-refractivity contribution < 1.29 is 19.0 Å². The van der Waals surface area contributed by atoms with Gasteiger partial charge in [0.15, 0.2) is 0 Å². The standard InChI is InChI=1S/C9H6FNO3/c10-8(9(12)13)14-7-3-1-6(5-11)2-4-7/h1-4,8H,(H,12,13). The van der Waals surface area contributed by atoms with Crippen molar-refractivity contribution in [3.8, 4) is 11.8 Å². The van der Waals surface area contributed by atoms with E-state index in [4.69, 9.17) is 10.4 Å². The van der Waals surface area contributed by atoms with Crippen LogP contribution in [-0.4, -0.2) is 17.4 Å².